The van der Waals surface area contributed by atoms with Gasteiger partial charge in [-0.25, -0.2) is 4.39 Å². The van der Waals surface area contributed by atoms with E-state index in [1.165, 1.54) is 0 Å². The Hall–Kier alpha value is -1.18. The monoisotopic (exact) mass is 247 g/mol. The summed E-state index contributed by atoms with van der Waals surface area (Å²) in [4.78, 5) is 10.1. The Morgan fingerprint density at radius 2 is 2.25 bits per heavy atom. The first-order valence-electron chi connectivity index (χ1n) is 4.40. The second-order valence-electron chi connectivity index (χ2n) is 3.02. The minimum absolute atomic E-state index is 0.0702. The smallest absolute Gasteiger partial charge is 0.283 e. The van der Waals surface area contributed by atoms with Crippen LogP contribution in [-0.2, 0) is 0 Å². The Kier molecular flexibility index (Phi) is 4.66. The molecule has 0 heterocycles. The predicted molar refractivity (Wildman–Crippen MR) is 56.9 cm³/mol. The summed E-state index contributed by atoms with van der Waals surface area (Å²) in [6.45, 7) is -0.434. The Bertz CT molecular complexity index is 388. The molecule has 7 heteroatoms. The largest absolute Gasteiger partial charge is 0.394 e. The molecule has 0 spiro atoms. The number of nitro groups is 1. The van der Waals surface area contributed by atoms with E-state index in [0.29, 0.717) is 0 Å². The summed E-state index contributed by atoms with van der Waals surface area (Å²) in [6.07, 6.45) is -0.979. The number of halogens is 1. The number of aliphatic hydroxyl groups is 2. The summed E-state index contributed by atoms with van der Waals surface area (Å²) in [6, 6.07) is 3.11. The molecule has 2 N–H and O–H groups in total. The lowest BCUT2D eigenvalue weighted by Crippen LogP contribution is -2.14. The van der Waals surface area contributed by atoms with Gasteiger partial charge in [-0.1, -0.05) is 0 Å². The fourth-order valence-electron chi connectivity index (χ4n) is 0.993. The van der Waals surface area contributed by atoms with Gasteiger partial charge in [-0.05, 0) is 12.1 Å². The molecule has 1 aromatic rings. The van der Waals surface area contributed by atoms with Crippen molar-refractivity contribution in [2.45, 2.75) is 11.0 Å². The van der Waals surface area contributed by atoms with E-state index in [-0.39, 0.29) is 16.3 Å². The molecule has 0 aromatic heterocycles. The van der Waals surface area contributed by atoms with Gasteiger partial charge in [0.1, 0.15) is 5.82 Å². The molecule has 0 bridgehead atoms. The van der Waals surface area contributed by atoms with Crippen LogP contribution in [0, 0.1) is 15.9 Å². The SMILES string of the molecule is O=[N+]([O-])c1ccc(F)cc1SCC(O)CO. The highest BCUT2D eigenvalue weighted by molar-refractivity contribution is 7.99. The molecule has 0 radical (unpaired) electrons. The van der Waals surface area contributed by atoms with Crippen LogP contribution in [0.4, 0.5) is 10.1 Å². The number of nitrogens with zero attached hydrogens (tertiary/aromatic N) is 1. The van der Waals surface area contributed by atoms with Crippen molar-refractivity contribution in [3.05, 3.63) is 34.1 Å². The van der Waals surface area contributed by atoms with E-state index in [0.717, 1.165) is 30.0 Å². The summed E-state index contributed by atoms with van der Waals surface area (Å²) in [5.41, 5.74) is -0.212. The number of rotatable bonds is 5. The molecule has 0 aliphatic heterocycles. The topological polar surface area (TPSA) is 83.6 Å². The summed E-state index contributed by atoms with van der Waals surface area (Å²) >= 11 is 0.931. The highest BCUT2D eigenvalue weighted by Gasteiger charge is 2.16. The summed E-state index contributed by atoms with van der Waals surface area (Å²) in [7, 11) is 0. The van der Waals surface area contributed by atoms with E-state index >= 15 is 0 Å². The lowest BCUT2D eigenvalue weighted by atomic mass is 10.3. The van der Waals surface area contributed by atoms with Crippen LogP contribution < -0.4 is 0 Å². The average Bonchev–Trinajstić information content (AvgIpc) is 2.25. The van der Waals surface area contributed by atoms with Crippen LogP contribution in [0.15, 0.2) is 23.1 Å². The van der Waals surface area contributed by atoms with Crippen LogP contribution in [0.5, 0.6) is 0 Å². The van der Waals surface area contributed by atoms with Gasteiger partial charge in [0.25, 0.3) is 5.69 Å². The number of benzene rings is 1. The summed E-state index contributed by atoms with van der Waals surface area (Å²) in [5, 5.41) is 28.3. The van der Waals surface area contributed by atoms with Gasteiger partial charge in [0.05, 0.1) is 22.5 Å². The minimum Gasteiger partial charge on any atom is -0.394 e. The quantitative estimate of drug-likeness (QED) is 0.463. The Balaban J connectivity index is 2.84. The van der Waals surface area contributed by atoms with Crippen molar-refractivity contribution in [1.29, 1.82) is 0 Å². The number of aliphatic hydroxyl groups excluding tert-OH is 2. The molecule has 88 valence electrons. The van der Waals surface area contributed by atoms with Gasteiger partial charge in [0, 0.05) is 11.8 Å². The third-order valence-electron chi connectivity index (χ3n) is 1.76. The highest BCUT2D eigenvalue weighted by Crippen LogP contribution is 2.30. The fourth-order valence-corrected chi connectivity index (χ4v) is 1.96. The Morgan fingerprint density at radius 3 is 2.81 bits per heavy atom. The molecule has 0 aliphatic rings. The zero-order valence-electron chi connectivity index (χ0n) is 8.17. The maximum Gasteiger partial charge on any atom is 0.283 e. The lowest BCUT2D eigenvalue weighted by Gasteiger charge is -2.06. The first kappa shape index (κ1) is 12.9. The first-order valence-corrected chi connectivity index (χ1v) is 5.39. The Morgan fingerprint density at radius 1 is 1.56 bits per heavy atom. The fraction of sp³-hybridized carbons (Fsp3) is 0.333. The summed E-state index contributed by atoms with van der Waals surface area (Å²) in [5.74, 6) is -0.507. The van der Waals surface area contributed by atoms with Crippen molar-refractivity contribution in [2.75, 3.05) is 12.4 Å². The van der Waals surface area contributed by atoms with Gasteiger partial charge in [-0.2, -0.15) is 0 Å². The van der Waals surface area contributed by atoms with Crippen LogP contribution in [0.2, 0.25) is 0 Å². The molecular formula is C9H10FNO4S. The molecule has 0 saturated heterocycles. The molecule has 16 heavy (non-hydrogen) atoms. The molecule has 0 aliphatic carbocycles. The first-order chi connectivity index (χ1) is 7.54. The molecular weight excluding hydrogens is 237 g/mol. The molecule has 1 aromatic carbocycles. The van der Waals surface area contributed by atoms with Gasteiger partial charge in [-0.15, -0.1) is 11.8 Å². The van der Waals surface area contributed by atoms with E-state index in [9.17, 15) is 14.5 Å². The van der Waals surface area contributed by atoms with Gasteiger partial charge in [0.2, 0.25) is 0 Å². The van der Waals surface area contributed by atoms with Gasteiger partial charge in [0.15, 0.2) is 0 Å². The van der Waals surface area contributed by atoms with E-state index in [4.69, 9.17) is 10.2 Å². The highest BCUT2D eigenvalue weighted by atomic mass is 32.2. The predicted octanol–water partition coefficient (Wildman–Crippen LogP) is 1.18. The average molecular weight is 247 g/mol. The van der Waals surface area contributed by atoms with Crippen LogP contribution in [0.3, 0.4) is 0 Å². The second kappa shape index (κ2) is 5.78. The molecule has 0 amide bonds. The molecule has 1 atom stereocenters. The van der Waals surface area contributed by atoms with E-state index < -0.39 is 23.5 Å². The molecule has 0 fully saturated rings. The zero-order valence-corrected chi connectivity index (χ0v) is 8.98. The zero-order chi connectivity index (χ0) is 12.1. The van der Waals surface area contributed by atoms with Gasteiger partial charge in [-0.3, -0.25) is 10.1 Å². The Labute approximate surface area is 95.1 Å². The van der Waals surface area contributed by atoms with E-state index in [2.05, 4.69) is 0 Å². The maximum atomic E-state index is 12.9. The second-order valence-corrected chi connectivity index (χ2v) is 4.08. The van der Waals surface area contributed by atoms with Crippen LogP contribution in [-0.4, -0.2) is 33.6 Å². The van der Waals surface area contributed by atoms with Gasteiger partial charge >= 0.3 is 0 Å². The van der Waals surface area contributed by atoms with E-state index in [1.807, 2.05) is 0 Å². The minimum atomic E-state index is -0.979. The van der Waals surface area contributed by atoms with Crippen molar-refractivity contribution in [3.63, 3.8) is 0 Å². The number of hydrogen-bond acceptors (Lipinski definition) is 5. The van der Waals surface area contributed by atoms with Gasteiger partial charge < -0.3 is 10.2 Å². The van der Waals surface area contributed by atoms with Crippen molar-refractivity contribution < 1.29 is 19.5 Å². The van der Waals surface area contributed by atoms with E-state index in [1.54, 1.807) is 0 Å². The van der Waals surface area contributed by atoms with Crippen LogP contribution >= 0.6 is 11.8 Å². The standard InChI is InChI=1S/C9H10FNO4S/c10-6-1-2-8(11(14)15)9(3-6)16-5-7(13)4-12/h1-3,7,12-13H,4-5H2. The van der Waals surface area contributed by atoms with Crippen molar-refractivity contribution in [3.8, 4) is 0 Å². The normalized spacial score (nSPS) is 12.4. The number of thioether (sulfide) groups is 1. The maximum absolute atomic E-state index is 12.9. The molecule has 5 nitrogen and oxygen atoms in total. The summed E-state index contributed by atoms with van der Waals surface area (Å²) < 4.78 is 12.9. The molecule has 1 rings (SSSR count). The van der Waals surface area contributed by atoms with Crippen LogP contribution in [0.25, 0.3) is 0 Å². The van der Waals surface area contributed by atoms with Crippen molar-refractivity contribution in [1.82, 2.24) is 0 Å². The van der Waals surface area contributed by atoms with Crippen LogP contribution in [0.1, 0.15) is 0 Å². The van der Waals surface area contributed by atoms with Crippen molar-refractivity contribution in [2.24, 2.45) is 0 Å². The number of nitro benzene ring substituents is 1. The lowest BCUT2D eigenvalue weighted by molar-refractivity contribution is -0.387. The number of hydrogen-bond donors (Lipinski definition) is 2. The molecule has 1 unspecified atom stereocenters. The van der Waals surface area contributed by atoms with Crippen molar-refractivity contribution >= 4 is 17.4 Å². The third kappa shape index (κ3) is 3.44. The molecule has 0 saturated carbocycles. The third-order valence-corrected chi connectivity index (χ3v) is 2.95.